The van der Waals surface area contributed by atoms with E-state index in [-0.39, 0.29) is 11.8 Å². The second kappa shape index (κ2) is 9.02. The molecule has 7 heteroatoms. The Morgan fingerprint density at radius 1 is 0.767 bits per heavy atom. The van der Waals surface area contributed by atoms with E-state index in [9.17, 15) is 9.59 Å². The first-order chi connectivity index (χ1) is 14.7. The highest BCUT2D eigenvalue weighted by molar-refractivity contribution is 7.12. The van der Waals surface area contributed by atoms with E-state index < -0.39 is 0 Å². The van der Waals surface area contributed by atoms with Gasteiger partial charge in [-0.3, -0.25) is 14.6 Å². The van der Waals surface area contributed by atoms with E-state index in [4.69, 9.17) is 4.74 Å². The lowest BCUT2D eigenvalue weighted by molar-refractivity contribution is 0.102. The van der Waals surface area contributed by atoms with Crippen molar-refractivity contribution in [2.75, 3.05) is 10.6 Å². The summed E-state index contributed by atoms with van der Waals surface area (Å²) >= 11 is 1.26. The second-order valence-corrected chi connectivity index (χ2v) is 7.16. The maximum absolute atomic E-state index is 12.7. The van der Waals surface area contributed by atoms with Crippen LogP contribution in [0.1, 0.15) is 20.0 Å². The van der Waals surface area contributed by atoms with E-state index in [0.29, 0.717) is 27.6 Å². The van der Waals surface area contributed by atoms with Gasteiger partial charge in [0.2, 0.25) is 0 Å². The van der Waals surface area contributed by atoms with Crippen LogP contribution >= 0.6 is 11.3 Å². The lowest BCUT2D eigenvalue weighted by Gasteiger charge is -2.09. The first-order valence-corrected chi connectivity index (χ1v) is 10.0. The Morgan fingerprint density at radius 3 is 2.20 bits per heavy atom. The van der Waals surface area contributed by atoms with E-state index >= 15 is 0 Å². The number of hydrogen-bond donors (Lipinski definition) is 2. The molecule has 2 aromatic heterocycles. The minimum Gasteiger partial charge on any atom is -0.457 e. The molecule has 6 nitrogen and oxygen atoms in total. The Bertz CT molecular complexity index is 1140. The highest BCUT2D eigenvalue weighted by Gasteiger charge is 2.16. The van der Waals surface area contributed by atoms with E-state index in [0.717, 1.165) is 5.75 Å². The number of benzene rings is 2. The number of anilines is 2. The first-order valence-electron chi connectivity index (χ1n) is 9.12. The van der Waals surface area contributed by atoms with Crippen molar-refractivity contribution in [2.45, 2.75) is 0 Å². The number of aromatic nitrogens is 1. The summed E-state index contributed by atoms with van der Waals surface area (Å²) in [5.41, 5.74) is 1.56. The number of thiophene rings is 1. The minimum absolute atomic E-state index is 0.299. The molecule has 0 bridgehead atoms. The maximum atomic E-state index is 12.7. The van der Waals surface area contributed by atoms with Crippen LogP contribution in [-0.4, -0.2) is 16.8 Å². The minimum atomic E-state index is -0.299. The number of rotatable bonds is 6. The van der Waals surface area contributed by atoms with Crippen LogP contribution in [-0.2, 0) is 0 Å². The standard InChI is InChI=1S/C23H17N3O3S/c27-22(16-10-13-24-14-11-16)26-20-12-15-30-21(20)23(28)25-17-6-8-19(9-7-17)29-18-4-2-1-3-5-18/h1-15H,(H,25,28)(H,26,27). The Hall–Kier alpha value is -3.97. The maximum Gasteiger partial charge on any atom is 0.267 e. The van der Waals surface area contributed by atoms with Crippen molar-refractivity contribution in [2.24, 2.45) is 0 Å². The van der Waals surface area contributed by atoms with Crippen molar-refractivity contribution in [3.05, 3.63) is 101 Å². The van der Waals surface area contributed by atoms with Gasteiger partial charge in [0.05, 0.1) is 5.69 Å². The zero-order valence-electron chi connectivity index (χ0n) is 15.7. The molecule has 4 rings (SSSR count). The molecule has 0 atom stereocenters. The normalized spacial score (nSPS) is 10.3. The van der Waals surface area contributed by atoms with E-state index in [1.807, 2.05) is 30.3 Å². The third kappa shape index (κ3) is 4.71. The number of ether oxygens (including phenoxy) is 1. The van der Waals surface area contributed by atoms with Crippen molar-refractivity contribution in [3.8, 4) is 11.5 Å². The molecule has 2 aromatic carbocycles. The molecule has 0 spiro atoms. The van der Waals surface area contributed by atoms with Crippen LogP contribution in [0.3, 0.4) is 0 Å². The number of para-hydroxylation sites is 1. The fourth-order valence-electron chi connectivity index (χ4n) is 2.70. The molecule has 30 heavy (non-hydrogen) atoms. The molecule has 0 aliphatic carbocycles. The van der Waals surface area contributed by atoms with Crippen molar-refractivity contribution in [3.63, 3.8) is 0 Å². The monoisotopic (exact) mass is 415 g/mol. The smallest absolute Gasteiger partial charge is 0.267 e. The number of nitrogens with one attached hydrogen (secondary N) is 2. The molecule has 0 radical (unpaired) electrons. The van der Waals surface area contributed by atoms with Crippen molar-refractivity contribution < 1.29 is 14.3 Å². The molecule has 0 aliphatic heterocycles. The fraction of sp³-hybridized carbons (Fsp3) is 0. The number of amides is 2. The molecule has 2 amide bonds. The summed E-state index contributed by atoms with van der Waals surface area (Å²) in [5.74, 6) is 0.807. The quantitative estimate of drug-likeness (QED) is 0.439. The van der Waals surface area contributed by atoms with Gasteiger partial charge in [-0.25, -0.2) is 0 Å². The van der Waals surface area contributed by atoms with Crippen molar-refractivity contribution in [1.29, 1.82) is 0 Å². The van der Waals surface area contributed by atoms with Gasteiger partial charge in [0.25, 0.3) is 11.8 Å². The molecule has 0 unspecified atom stereocenters. The summed E-state index contributed by atoms with van der Waals surface area (Å²) in [6.45, 7) is 0. The van der Waals surface area contributed by atoms with Crippen LogP contribution < -0.4 is 15.4 Å². The Labute approximate surface area is 177 Å². The predicted octanol–water partition coefficient (Wildman–Crippen LogP) is 5.44. The molecule has 0 fully saturated rings. The Kier molecular flexibility index (Phi) is 5.82. The zero-order valence-corrected chi connectivity index (χ0v) is 16.6. The summed E-state index contributed by atoms with van der Waals surface area (Å²) in [5, 5.41) is 7.37. The molecular formula is C23H17N3O3S. The zero-order chi connectivity index (χ0) is 20.8. The summed E-state index contributed by atoms with van der Waals surface area (Å²) < 4.78 is 5.75. The fourth-order valence-corrected chi connectivity index (χ4v) is 3.44. The van der Waals surface area contributed by atoms with Crippen LogP contribution in [0.2, 0.25) is 0 Å². The third-order valence-electron chi connectivity index (χ3n) is 4.15. The van der Waals surface area contributed by atoms with E-state index in [1.54, 1.807) is 60.2 Å². The van der Waals surface area contributed by atoms with E-state index in [2.05, 4.69) is 15.6 Å². The lowest BCUT2D eigenvalue weighted by Crippen LogP contribution is -2.16. The molecule has 2 N–H and O–H groups in total. The molecule has 4 aromatic rings. The average Bonchev–Trinajstić information content (AvgIpc) is 3.25. The highest BCUT2D eigenvalue weighted by Crippen LogP contribution is 2.26. The van der Waals surface area contributed by atoms with Crippen LogP contribution in [0, 0.1) is 0 Å². The number of nitrogens with zero attached hydrogens (tertiary/aromatic N) is 1. The average molecular weight is 415 g/mol. The van der Waals surface area contributed by atoms with Crippen LogP contribution in [0.15, 0.2) is 90.6 Å². The van der Waals surface area contributed by atoms with Gasteiger partial charge < -0.3 is 15.4 Å². The second-order valence-electron chi connectivity index (χ2n) is 6.25. The van der Waals surface area contributed by atoms with Gasteiger partial charge in [-0.15, -0.1) is 11.3 Å². The van der Waals surface area contributed by atoms with Gasteiger partial charge >= 0.3 is 0 Å². The van der Waals surface area contributed by atoms with Crippen LogP contribution in [0.5, 0.6) is 11.5 Å². The molecule has 2 heterocycles. The number of hydrogen-bond acceptors (Lipinski definition) is 5. The van der Waals surface area contributed by atoms with Gasteiger partial charge in [0.1, 0.15) is 16.4 Å². The lowest BCUT2D eigenvalue weighted by atomic mass is 10.2. The van der Waals surface area contributed by atoms with Crippen LogP contribution in [0.25, 0.3) is 0 Å². The summed E-state index contributed by atoms with van der Waals surface area (Å²) in [6, 6.07) is 21.5. The van der Waals surface area contributed by atoms with Crippen LogP contribution in [0.4, 0.5) is 11.4 Å². The topological polar surface area (TPSA) is 80.3 Å². The molecule has 0 aliphatic rings. The summed E-state index contributed by atoms with van der Waals surface area (Å²) in [7, 11) is 0. The third-order valence-corrected chi connectivity index (χ3v) is 5.07. The predicted molar refractivity (Wildman–Crippen MR) is 117 cm³/mol. The molecule has 148 valence electrons. The van der Waals surface area contributed by atoms with E-state index in [1.165, 1.54) is 11.3 Å². The Morgan fingerprint density at radius 2 is 1.47 bits per heavy atom. The van der Waals surface area contributed by atoms with Gasteiger partial charge in [-0.2, -0.15) is 0 Å². The SMILES string of the molecule is O=C(Nc1ccsc1C(=O)Nc1ccc(Oc2ccccc2)cc1)c1ccncc1. The number of pyridine rings is 1. The van der Waals surface area contributed by atoms with Gasteiger partial charge in [-0.1, -0.05) is 18.2 Å². The molecule has 0 saturated heterocycles. The summed E-state index contributed by atoms with van der Waals surface area (Å²) in [6.07, 6.45) is 3.09. The Balaban J connectivity index is 1.41. The largest absolute Gasteiger partial charge is 0.457 e. The van der Waals surface area contributed by atoms with Gasteiger partial charge in [-0.05, 0) is 60.0 Å². The summed E-state index contributed by atoms with van der Waals surface area (Å²) in [4.78, 5) is 29.4. The number of carbonyl (C=O) groups is 2. The van der Waals surface area contributed by atoms with Gasteiger partial charge in [0.15, 0.2) is 0 Å². The van der Waals surface area contributed by atoms with Gasteiger partial charge in [0, 0.05) is 23.6 Å². The molecular weight excluding hydrogens is 398 g/mol. The molecule has 0 saturated carbocycles. The first kappa shape index (κ1) is 19.4. The highest BCUT2D eigenvalue weighted by atomic mass is 32.1. The number of carbonyl (C=O) groups excluding carboxylic acids is 2. The van der Waals surface area contributed by atoms with Crippen molar-refractivity contribution >= 4 is 34.5 Å². The van der Waals surface area contributed by atoms with Crippen molar-refractivity contribution in [1.82, 2.24) is 4.98 Å².